The predicted molar refractivity (Wildman–Crippen MR) is 194 cm³/mol. The lowest BCUT2D eigenvalue weighted by molar-refractivity contribution is 0.180. The Labute approximate surface area is 286 Å². The first kappa shape index (κ1) is 33.2. The van der Waals surface area contributed by atoms with Gasteiger partial charge in [0, 0.05) is 47.8 Å². The SMILES string of the molecule is COCc1cc2cc(OC)ccc2n1-c1ccc(O)cc1.COCc1cc2cc(OC)ccc2n1-c1ccc(OCc2ccccc2)cc1. The molecule has 0 aliphatic heterocycles. The van der Waals surface area contributed by atoms with Crippen LogP contribution in [0, 0.1) is 0 Å². The highest BCUT2D eigenvalue weighted by Crippen LogP contribution is 2.30. The molecule has 0 unspecified atom stereocenters. The number of methoxy groups -OCH3 is 4. The number of benzene rings is 5. The minimum Gasteiger partial charge on any atom is -0.508 e. The van der Waals surface area contributed by atoms with E-state index in [0.29, 0.717) is 19.8 Å². The molecule has 5 aromatic carbocycles. The van der Waals surface area contributed by atoms with Crippen LogP contribution in [-0.4, -0.2) is 42.7 Å². The fraction of sp³-hybridized carbons (Fsp3) is 0.171. The van der Waals surface area contributed by atoms with Crippen molar-refractivity contribution in [2.24, 2.45) is 0 Å². The topological polar surface area (TPSA) is 76.2 Å². The van der Waals surface area contributed by atoms with Crippen LogP contribution in [0.1, 0.15) is 17.0 Å². The molecule has 1 N–H and O–H groups in total. The third-order valence-corrected chi connectivity index (χ3v) is 8.21. The van der Waals surface area contributed by atoms with Gasteiger partial charge in [0.25, 0.3) is 0 Å². The molecule has 250 valence electrons. The van der Waals surface area contributed by atoms with Crippen LogP contribution < -0.4 is 14.2 Å². The van der Waals surface area contributed by atoms with E-state index in [0.717, 1.165) is 67.4 Å². The van der Waals surface area contributed by atoms with Crippen LogP contribution in [0.25, 0.3) is 33.2 Å². The van der Waals surface area contributed by atoms with Crippen molar-refractivity contribution in [1.82, 2.24) is 9.13 Å². The largest absolute Gasteiger partial charge is 0.508 e. The summed E-state index contributed by atoms with van der Waals surface area (Å²) in [4.78, 5) is 0. The predicted octanol–water partition coefficient (Wildman–Crippen LogP) is 8.86. The normalized spacial score (nSPS) is 10.9. The summed E-state index contributed by atoms with van der Waals surface area (Å²) >= 11 is 0. The Hall–Kier alpha value is -5.70. The Morgan fingerprint density at radius 2 is 0.959 bits per heavy atom. The molecule has 0 atom stereocenters. The van der Waals surface area contributed by atoms with Crippen molar-refractivity contribution in [3.8, 4) is 34.4 Å². The first-order valence-electron chi connectivity index (χ1n) is 15.9. The van der Waals surface area contributed by atoms with Gasteiger partial charge in [0.15, 0.2) is 0 Å². The van der Waals surface area contributed by atoms with Gasteiger partial charge < -0.3 is 37.9 Å². The average molecular weight is 657 g/mol. The zero-order valence-corrected chi connectivity index (χ0v) is 28.1. The fourth-order valence-corrected chi connectivity index (χ4v) is 5.91. The van der Waals surface area contributed by atoms with E-state index in [1.807, 2.05) is 72.8 Å². The van der Waals surface area contributed by atoms with Crippen molar-refractivity contribution < 1.29 is 28.8 Å². The van der Waals surface area contributed by atoms with Crippen molar-refractivity contribution in [3.63, 3.8) is 0 Å². The van der Waals surface area contributed by atoms with Gasteiger partial charge in [-0.3, -0.25) is 0 Å². The Morgan fingerprint density at radius 1 is 0.490 bits per heavy atom. The van der Waals surface area contributed by atoms with Crippen LogP contribution in [-0.2, 0) is 29.3 Å². The second-order valence-electron chi connectivity index (χ2n) is 11.4. The molecule has 0 amide bonds. The number of hydrogen-bond acceptors (Lipinski definition) is 6. The van der Waals surface area contributed by atoms with Gasteiger partial charge in [-0.15, -0.1) is 0 Å². The molecule has 7 rings (SSSR count). The maximum absolute atomic E-state index is 9.46. The molecule has 0 spiro atoms. The number of rotatable bonds is 11. The summed E-state index contributed by atoms with van der Waals surface area (Å²) in [6.45, 7) is 1.60. The van der Waals surface area contributed by atoms with Gasteiger partial charge in [0.2, 0.25) is 0 Å². The van der Waals surface area contributed by atoms with Gasteiger partial charge in [-0.25, -0.2) is 0 Å². The van der Waals surface area contributed by atoms with Crippen molar-refractivity contribution >= 4 is 21.8 Å². The number of fused-ring (bicyclic) bond motifs is 2. The number of aromatic hydroxyl groups is 1. The molecule has 7 aromatic rings. The van der Waals surface area contributed by atoms with E-state index < -0.39 is 0 Å². The van der Waals surface area contributed by atoms with Crippen LogP contribution >= 0.6 is 0 Å². The summed E-state index contributed by atoms with van der Waals surface area (Å²) in [5, 5.41) is 11.7. The lowest BCUT2D eigenvalue weighted by Gasteiger charge is -2.12. The Bertz CT molecular complexity index is 2120. The Kier molecular flexibility index (Phi) is 10.5. The van der Waals surface area contributed by atoms with Crippen LogP contribution in [0.15, 0.2) is 127 Å². The minimum absolute atomic E-state index is 0.255. The standard InChI is InChI=1S/C24H23NO3.C17H17NO3/c1-26-17-21-14-19-15-23(27-2)12-13-24(19)25(21)20-8-10-22(11-9-20)28-16-18-6-4-3-5-7-18;1-20-11-14-9-12-10-16(21-2)7-8-17(12)18(14)13-3-5-15(19)6-4-13/h3-15H,16-17H2,1-2H3;3-10,19H,11H2,1-2H3. The first-order valence-corrected chi connectivity index (χ1v) is 15.9. The van der Waals surface area contributed by atoms with Gasteiger partial charge in [0.1, 0.15) is 29.6 Å². The van der Waals surface area contributed by atoms with E-state index in [2.05, 4.69) is 51.6 Å². The first-order chi connectivity index (χ1) is 24.0. The highest BCUT2D eigenvalue weighted by Gasteiger charge is 2.13. The number of phenolic OH excluding ortho intramolecular Hbond substituents is 1. The van der Waals surface area contributed by atoms with Crippen molar-refractivity contribution in [3.05, 3.63) is 144 Å². The molecule has 0 saturated heterocycles. The molecule has 8 nitrogen and oxygen atoms in total. The maximum atomic E-state index is 9.46. The lowest BCUT2D eigenvalue weighted by Crippen LogP contribution is -2.01. The quantitative estimate of drug-likeness (QED) is 0.150. The second kappa shape index (κ2) is 15.5. The average Bonchev–Trinajstić information content (AvgIpc) is 3.69. The van der Waals surface area contributed by atoms with Crippen molar-refractivity contribution in [2.75, 3.05) is 28.4 Å². The minimum atomic E-state index is 0.255. The van der Waals surface area contributed by atoms with E-state index >= 15 is 0 Å². The fourth-order valence-electron chi connectivity index (χ4n) is 5.91. The highest BCUT2D eigenvalue weighted by molar-refractivity contribution is 5.85. The summed E-state index contributed by atoms with van der Waals surface area (Å²) in [7, 11) is 6.74. The molecule has 2 aromatic heterocycles. The summed E-state index contributed by atoms with van der Waals surface area (Å²) < 4.78 is 31.6. The molecular formula is C41H40N2O6. The molecule has 0 fully saturated rings. The van der Waals surface area contributed by atoms with E-state index in [1.165, 1.54) is 0 Å². The summed E-state index contributed by atoms with van der Waals surface area (Å²) in [5.74, 6) is 2.77. The second-order valence-corrected chi connectivity index (χ2v) is 11.4. The van der Waals surface area contributed by atoms with Crippen LogP contribution in [0.4, 0.5) is 0 Å². The highest BCUT2D eigenvalue weighted by atomic mass is 16.5. The number of ether oxygens (including phenoxy) is 5. The maximum Gasteiger partial charge on any atom is 0.119 e. The van der Waals surface area contributed by atoms with Gasteiger partial charge >= 0.3 is 0 Å². The third kappa shape index (κ3) is 7.56. The van der Waals surface area contributed by atoms with Gasteiger partial charge in [-0.05, 0) is 103 Å². The van der Waals surface area contributed by atoms with E-state index in [1.54, 1.807) is 40.6 Å². The number of hydrogen-bond donors (Lipinski definition) is 1. The van der Waals surface area contributed by atoms with E-state index in [9.17, 15) is 5.11 Å². The zero-order valence-electron chi connectivity index (χ0n) is 28.1. The molecule has 2 heterocycles. The van der Waals surface area contributed by atoms with Crippen LogP contribution in [0.2, 0.25) is 0 Å². The van der Waals surface area contributed by atoms with E-state index in [4.69, 9.17) is 23.7 Å². The van der Waals surface area contributed by atoms with Crippen LogP contribution in [0.3, 0.4) is 0 Å². The number of phenols is 1. The molecule has 8 heteroatoms. The Balaban J connectivity index is 0.000000177. The Morgan fingerprint density at radius 3 is 1.43 bits per heavy atom. The van der Waals surface area contributed by atoms with Gasteiger partial charge in [-0.2, -0.15) is 0 Å². The molecule has 0 aliphatic rings. The number of aromatic nitrogens is 2. The molecule has 0 aliphatic carbocycles. The molecule has 49 heavy (non-hydrogen) atoms. The zero-order chi connectivity index (χ0) is 34.2. The van der Waals surface area contributed by atoms with Crippen molar-refractivity contribution in [2.45, 2.75) is 19.8 Å². The van der Waals surface area contributed by atoms with E-state index in [-0.39, 0.29) is 5.75 Å². The molecule has 0 bridgehead atoms. The van der Waals surface area contributed by atoms with Gasteiger partial charge in [-0.1, -0.05) is 30.3 Å². The number of nitrogens with zero attached hydrogens (tertiary/aromatic N) is 2. The smallest absolute Gasteiger partial charge is 0.119 e. The summed E-state index contributed by atoms with van der Waals surface area (Å²) in [5.41, 5.74) is 7.54. The molecule has 0 radical (unpaired) electrons. The van der Waals surface area contributed by atoms with Gasteiger partial charge in [0.05, 0.1) is 38.5 Å². The molecule has 0 saturated carbocycles. The molecular weight excluding hydrogens is 616 g/mol. The van der Waals surface area contributed by atoms with Crippen LogP contribution in [0.5, 0.6) is 23.0 Å². The summed E-state index contributed by atoms with van der Waals surface area (Å²) in [6, 6.07) is 41.8. The lowest BCUT2D eigenvalue weighted by atomic mass is 10.2. The third-order valence-electron chi connectivity index (χ3n) is 8.21. The monoisotopic (exact) mass is 656 g/mol. The summed E-state index contributed by atoms with van der Waals surface area (Å²) in [6.07, 6.45) is 0. The van der Waals surface area contributed by atoms with Crippen molar-refractivity contribution in [1.29, 1.82) is 0 Å².